The van der Waals surface area contributed by atoms with Crippen LogP contribution in [0.4, 0.5) is 0 Å². The lowest BCUT2D eigenvalue weighted by molar-refractivity contribution is 0.0919. The van der Waals surface area contributed by atoms with Crippen LogP contribution in [0.2, 0.25) is 0 Å². The zero-order valence-corrected chi connectivity index (χ0v) is 17.6. The van der Waals surface area contributed by atoms with Crippen LogP contribution in [0.1, 0.15) is 55.1 Å². The maximum atomic E-state index is 12.5. The summed E-state index contributed by atoms with van der Waals surface area (Å²) in [6.45, 7) is 2.45. The topological polar surface area (TPSA) is 60.5 Å². The van der Waals surface area contributed by atoms with Crippen LogP contribution in [0.15, 0.2) is 42.6 Å². The molecule has 1 amide bonds. The molecule has 1 aromatic heterocycles. The molecule has 1 aliphatic carbocycles. The number of nitrogens with one attached hydrogen (secondary N) is 1. The minimum Gasteiger partial charge on any atom is -0.487 e. The smallest absolute Gasteiger partial charge is 0.253 e. The highest BCUT2D eigenvalue weighted by molar-refractivity contribution is 14.1. The van der Waals surface area contributed by atoms with Gasteiger partial charge in [-0.1, -0.05) is 25.3 Å². The number of ether oxygens (including phenoxy) is 1. The highest BCUT2D eigenvalue weighted by Gasteiger charge is 2.21. The molecular weight excluding hydrogens is 455 g/mol. The molecule has 0 unspecified atom stereocenters. The fraction of sp³-hybridized carbons (Fsp3) is 0.429. The maximum absolute atomic E-state index is 12.5. The fourth-order valence-electron chi connectivity index (χ4n) is 3.46. The maximum Gasteiger partial charge on any atom is 0.253 e. The van der Waals surface area contributed by atoms with E-state index in [4.69, 9.17) is 7.80 Å². The Morgan fingerprint density at radius 2 is 2.00 bits per heavy atom. The van der Waals surface area contributed by atoms with Crippen LogP contribution in [0.5, 0.6) is 11.5 Å². The Balaban J connectivity index is 1.52. The van der Waals surface area contributed by atoms with Crippen molar-refractivity contribution in [2.24, 2.45) is 5.92 Å². The SMILES string of the molecule is C[C@@H](NC(=O)c1ccc(COc2cccc(OI)c2)nc1)C1CCCCC1. The fourth-order valence-corrected chi connectivity index (χ4v) is 3.73. The molecule has 27 heavy (non-hydrogen) atoms. The van der Waals surface area contributed by atoms with Gasteiger partial charge in [-0.05, 0) is 49.9 Å². The summed E-state index contributed by atoms with van der Waals surface area (Å²) in [4.78, 5) is 16.8. The summed E-state index contributed by atoms with van der Waals surface area (Å²) in [7, 11) is 0. The second-order valence-electron chi connectivity index (χ2n) is 7.04. The Kier molecular flexibility index (Phi) is 7.32. The molecule has 1 saturated carbocycles. The minimum atomic E-state index is -0.0556. The van der Waals surface area contributed by atoms with Gasteiger partial charge < -0.3 is 13.1 Å². The van der Waals surface area contributed by atoms with Crippen molar-refractivity contribution in [2.75, 3.05) is 0 Å². The number of rotatable bonds is 7. The van der Waals surface area contributed by atoms with Crippen LogP contribution in [0, 0.1) is 5.92 Å². The third kappa shape index (κ3) is 5.82. The molecule has 0 bridgehead atoms. The number of hydrogen-bond acceptors (Lipinski definition) is 4. The van der Waals surface area contributed by atoms with Gasteiger partial charge in [0.05, 0.1) is 11.3 Å². The lowest BCUT2D eigenvalue weighted by Gasteiger charge is -2.28. The zero-order valence-electron chi connectivity index (χ0n) is 15.5. The predicted octanol–water partition coefficient (Wildman–Crippen LogP) is 5.09. The summed E-state index contributed by atoms with van der Waals surface area (Å²) in [6.07, 6.45) is 7.90. The van der Waals surface area contributed by atoms with Crippen molar-refractivity contribution in [3.05, 3.63) is 53.9 Å². The molecule has 1 aromatic carbocycles. The molecule has 1 aliphatic rings. The number of benzene rings is 1. The number of carbonyl (C=O) groups is 1. The Labute approximate surface area is 174 Å². The number of aromatic nitrogens is 1. The Bertz CT molecular complexity index is 745. The average Bonchev–Trinajstić information content (AvgIpc) is 2.73. The normalized spacial score (nSPS) is 15.8. The molecule has 0 radical (unpaired) electrons. The first-order valence-corrected chi connectivity index (χ1v) is 10.3. The zero-order chi connectivity index (χ0) is 19.1. The molecule has 1 heterocycles. The average molecular weight is 480 g/mol. The van der Waals surface area contributed by atoms with Crippen LogP contribution in [-0.2, 0) is 6.61 Å². The van der Waals surface area contributed by atoms with Crippen molar-refractivity contribution in [3.8, 4) is 11.5 Å². The molecule has 6 heteroatoms. The van der Waals surface area contributed by atoms with Gasteiger partial charge in [0.1, 0.15) is 18.1 Å². The van der Waals surface area contributed by atoms with E-state index < -0.39 is 0 Å². The van der Waals surface area contributed by atoms with Gasteiger partial charge in [-0.3, -0.25) is 9.78 Å². The van der Waals surface area contributed by atoms with Crippen LogP contribution in [-0.4, -0.2) is 16.9 Å². The molecule has 1 N–H and O–H groups in total. The summed E-state index contributed by atoms with van der Waals surface area (Å²) < 4.78 is 10.9. The van der Waals surface area contributed by atoms with E-state index in [9.17, 15) is 4.79 Å². The van der Waals surface area contributed by atoms with Crippen LogP contribution < -0.4 is 13.1 Å². The Hall–Kier alpha value is -1.83. The summed E-state index contributed by atoms with van der Waals surface area (Å²) >= 11 is 1.84. The quantitative estimate of drug-likeness (QED) is 0.562. The number of pyridine rings is 1. The van der Waals surface area contributed by atoms with E-state index in [1.807, 2.05) is 53.3 Å². The third-order valence-electron chi connectivity index (χ3n) is 5.08. The Morgan fingerprint density at radius 1 is 1.22 bits per heavy atom. The number of hydrogen-bond donors (Lipinski definition) is 1. The molecular formula is C21H25IN2O3. The second-order valence-corrected chi connectivity index (χ2v) is 7.48. The lowest BCUT2D eigenvalue weighted by Crippen LogP contribution is -2.38. The third-order valence-corrected chi connectivity index (χ3v) is 5.59. The molecule has 0 aliphatic heterocycles. The first-order chi connectivity index (χ1) is 13.2. The molecule has 0 saturated heterocycles. The highest BCUT2D eigenvalue weighted by atomic mass is 127. The van der Waals surface area contributed by atoms with Gasteiger partial charge in [-0.25, -0.2) is 0 Å². The van der Waals surface area contributed by atoms with Crippen molar-refractivity contribution >= 4 is 28.9 Å². The highest BCUT2D eigenvalue weighted by Crippen LogP contribution is 2.26. The van der Waals surface area contributed by atoms with E-state index in [1.165, 1.54) is 32.1 Å². The number of nitrogens with zero attached hydrogens (tertiary/aromatic N) is 1. The Morgan fingerprint density at radius 3 is 2.70 bits per heavy atom. The second kappa shape index (κ2) is 9.92. The van der Waals surface area contributed by atoms with E-state index >= 15 is 0 Å². The van der Waals surface area contributed by atoms with E-state index in [1.54, 1.807) is 12.3 Å². The monoisotopic (exact) mass is 480 g/mol. The van der Waals surface area contributed by atoms with Crippen molar-refractivity contribution in [1.29, 1.82) is 0 Å². The van der Waals surface area contributed by atoms with Gasteiger partial charge in [0.15, 0.2) is 23.0 Å². The standard InChI is InChI=1S/C21H25IN2O3/c1-15(16-6-3-2-4-7-16)24-21(25)17-10-11-18(23-13-17)14-26-19-8-5-9-20(12-19)27-22/h5,8-13,15-16H,2-4,6-7,14H2,1H3,(H,24,25)/t15-/m1/s1. The summed E-state index contributed by atoms with van der Waals surface area (Å²) in [5, 5.41) is 3.13. The number of amides is 1. The van der Waals surface area contributed by atoms with Gasteiger partial charge in [0.25, 0.3) is 5.91 Å². The van der Waals surface area contributed by atoms with Crippen molar-refractivity contribution in [3.63, 3.8) is 0 Å². The van der Waals surface area contributed by atoms with Gasteiger partial charge in [0, 0.05) is 18.3 Å². The van der Waals surface area contributed by atoms with E-state index in [0.29, 0.717) is 23.8 Å². The predicted molar refractivity (Wildman–Crippen MR) is 113 cm³/mol. The summed E-state index contributed by atoms with van der Waals surface area (Å²) in [6, 6.07) is 11.3. The molecule has 5 nitrogen and oxygen atoms in total. The molecule has 1 fully saturated rings. The van der Waals surface area contributed by atoms with Crippen LogP contribution in [0.3, 0.4) is 0 Å². The van der Waals surface area contributed by atoms with Crippen LogP contribution in [0.25, 0.3) is 0 Å². The molecule has 2 aromatic rings. The summed E-state index contributed by atoms with van der Waals surface area (Å²) in [5.74, 6) is 1.99. The first-order valence-electron chi connectivity index (χ1n) is 9.43. The van der Waals surface area contributed by atoms with E-state index in [2.05, 4.69) is 17.2 Å². The van der Waals surface area contributed by atoms with Gasteiger partial charge in [-0.2, -0.15) is 0 Å². The first kappa shape index (κ1) is 19.9. The van der Waals surface area contributed by atoms with Crippen molar-refractivity contribution in [2.45, 2.75) is 51.7 Å². The van der Waals surface area contributed by atoms with Gasteiger partial charge >= 0.3 is 0 Å². The molecule has 144 valence electrons. The van der Waals surface area contributed by atoms with Crippen LogP contribution >= 0.6 is 23.0 Å². The van der Waals surface area contributed by atoms with E-state index in [0.717, 1.165) is 11.4 Å². The number of carbonyl (C=O) groups excluding carboxylic acids is 1. The molecule has 1 atom stereocenters. The largest absolute Gasteiger partial charge is 0.487 e. The van der Waals surface area contributed by atoms with E-state index in [-0.39, 0.29) is 11.9 Å². The molecule has 0 spiro atoms. The number of halogens is 1. The van der Waals surface area contributed by atoms with Crippen molar-refractivity contribution in [1.82, 2.24) is 10.3 Å². The van der Waals surface area contributed by atoms with Gasteiger partial charge in [-0.15, -0.1) is 0 Å². The molecule has 3 rings (SSSR count). The minimum absolute atomic E-state index is 0.0556. The van der Waals surface area contributed by atoms with Crippen molar-refractivity contribution < 1.29 is 12.6 Å². The van der Waals surface area contributed by atoms with Gasteiger partial charge in [0.2, 0.25) is 0 Å². The summed E-state index contributed by atoms with van der Waals surface area (Å²) in [5.41, 5.74) is 1.36. The lowest BCUT2D eigenvalue weighted by atomic mass is 9.84.